The standard InChI is InChI=1S/C11H16BrN/c1-8(2)13-7-10-4-5-11(12)6-9(10)3/h4-6,8,13H,7H2,1-3H3. The van der Waals surface area contributed by atoms with Crippen LogP contribution in [0.1, 0.15) is 25.0 Å². The maximum Gasteiger partial charge on any atom is 0.0210 e. The molecule has 0 saturated heterocycles. The zero-order chi connectivity index (χ0) is 9.84. The summed E-state index contributed by atoms with van der Waals surface area (Å²) < 4.78 is 1.15. The molecule has 0 aromatic heterocycles. The van der Waals surface area contributed by atoms with Crippen LogP contribution in [0.25, 0.3) is 0 Å². The van der Waals surface area contributed by atoms with Crippen molar-refractivity contribution in [1.29, 1.82) is 0 Å². The minimum Gasteiger partial charge on any atom is -0.310 e. The summed E-state index contributed by atoms with van der Waals surface area (Å²) in [5.41, 5.74) is 2.71. The van der Waals surface area contributed by atoms with Gasteiger partial charge in [-0.25, -0.2) is 0 Å². The van der Waals surface area contributed by atoms with Gasteiger partial charge in [0.15, 0.2) is 0 Å². The minimum absolute atomic E-state index is 0.544. The Balaban J connectivity index is 2.67. The molecule has 72 valence electrons. The molecule has 13 heavy (non-hydrogen) atoms. The van der Waals surface area contributed by atoms with E-state index in [1.165, 1.54) is 11.1 Å². The van der Waals surface area contributed by atoms with Crippen LogP contribution in [0.2, 0.25) is 0 Å². The molecule has 2 heteroatoms. The molecule has 0 unspecified atom stereocenters. The molecule has 0 aliphatic carbocycles. The van der Waals surface area contributed by atoms with E-state index in [0.29, 0.717) is 6.04 Å². The Morgan fingerprint density at radius 1 is 1.38 bits per heavy atom. The Hall–Kier alpha value is -0.340. The maximum absolute atomic E-state index is 3.46. The van der Waals surface area contributed by atoms with Gasteiger partial charge in [0.2, 0.25) is 0 Å². The molecule has 1 N–H and O–H groups in total. The molecule has 0 aliphatic rings. The lowest BCUT2D eigenvalue weighted by atomic mass is 10.1. The second-order valence-corrected chi connectivity index (χ2v) is 4.52. The SMILES string of the molecule is Cc1cc(Br)ccc1CNC(C)C. The van der Waals surface area contributed by atoms with Crippen LogP contribution in [-0.2, 0) is 6.54 Å². The Labute approximate surface area is 88.7 Å². The summed E-state index contributed by atoms with van der Waals surface area (Å²) in [5, 5.41) is 3.41. The van der Waals surface area contributed by atoms with Crippen LogP contribution in [0.4, 0.5) is 0 Å². The number of halogens is 1. The van der Waals surface area contributed by atoms with Gasteiger partial charge in [0.05, 0.1) is 0 Å². The predicted octanol–water partition coefficient (Wildman–Crippen LogP) is 3.26. The molecule has 0 radical (unpaired) electrons. The van der Waals surface area contributed by atoms with Crippen molar-refractivity contribution in [2.24, 2.45) is 0 Å². The van der Waals surface area contributed by atoms with E-state index in [9.17, 15) is 0 Å². The lowest BCUT2D eigenvalue weighted by molar-refractivity contribution is 0.587. The van der Waals surface area contributed by atoms with Gasteiger partial charge in [-0.15, -0.1) is 0 Å². The molecule has 0 spiro atoms. The fourth-order valence-electron chi connectivity index (χ4n) is 1.17. The van der Waals surface area contributed by atoms with Crippen molar-refractivity contribution in [1.82, 2.24) is 5.32 Å². The van der Waals surface area contributed by atoms with E-state index >= 15 is 0 Å². The number of benzene rings is 1. The van der Waals surface area contributed by atoms with Gasteiger partial charge in [0.1, 0.15) is 0 Å². The van der Waals surface area contributed by atoms with E-state index in [4.69, 9.17) is 0 Å². The maximum atomic E-state index is 3.46. The van der Waals surface area contributed by atoms with Crippen molar-refractivity contribution in [3.05, 3.63) is 33.8 Å². The Morgan fingerprint density at radius 3 is 2.62 bits per heavy atom. The van der Waals surface area contributed by atoms with Gasteiger partial charge in [-0.3, -0.25) is 0 Å². The summed E-state index contributed by atoms with van der Waals surface area (Å²) in [7, 11) is 0. The highest BCUT2D eigenvalue weighted by Gasteiger charge is 1.99. The van der Waals surface area contributed by atoms with Gasteiger partial charge in [-0.1, -0.05) is 35.8 Å². The van der Waals surface area contributed by atoms with Gasteiger partial charge in [-0.05, 0) is 30.2 Å². The van der Waals surface area contributed by atoms with Crippen LogP contribution in [0.3, 0.4) is 0 Å². The fourth-order valence-corrected chi connectivity index (χ4v) is 1.65. The van der Waals surface area contributed by atoms with E-state index < -0.39 is 0 Å². The third kappa shape index (κ3) is 3.49. The molecular weight excluding hydrogens is 226 g/mol. The normalized spacial score (nSPS) is 10.8. The van der Waals surface area contributed by atoms with Crippen LogP contribution in [0.15, 0.2) is 22.7 Å². The third-order valence-corrected chi connectivity index (χ3v) is 2.50. The first-order valence-corrected chi connectivity index (χ1v) is 5.37. The molecular formula is C11H16BrN. The summed E-state index contributed by atoms with van der Waals surface area (Å²) >= 11 is 3.46. The van der Waals surface area contributed by atoms with Crippen molar-refractivity contribution < 1.29 is 0 Å². The van der Waals surface area contributed by atoms with Crippen molar-refractivity contribution in [2.75, 3.05) is 0 Å². The molecule has 0 aliphatic heterocycles. The quantitative estimate of drug-likeness (QED) is 0.857. The van der Waals surface area contributed by atoms with Crippen LogP contribution in [0, 0.1) is 6.92 Å². The van der Waals surface area contributed by atoms with Gasteiger partial charge in [0, 0.05) is 17.1 Å². The van der Waals surface area contributed by atoms with Gasteiger partial charge in [0.25, 0.3) is 0 Å². The number of hydrogen-bond donors (Lipinski definition) is 1. The average molecular weight is 242 g/mol. The molecule has 1 nitrogen and oxygen atoms in total. The smallest absolute Gasteiger partial charge is 0.0210 e. The van der Waals surface area contributed by atoms with E-state index in [1.807, 2.05) is 0 Å². The van der Waals surface area contributed by atoms with Crippen molar-refractivity contribution in [2.45, 2.75) is 33.4 Å². The van der Waals surface area contributed by atoms with Gasteiger partial charge >= 0.3 is 0 Å². The summed E-state index contributed by atoms with van der Waals surface area (Å²) in [6.45, 7) is 7.42. The topological polar surface area (TPSA) is 12.0 Å². The van der Waals surface area contributed by atoms with E-state index in [0.717, 1.165) is 11.0 Å². The zero-order valence-electron chi connectivity index (χ0n) is 8.39. The van der Waals surface area contributed by atoms with Crippen molar-refractivity contribution in [3.63, 3.8) is 0 Å². The molecule has 0 fully saturated rings. The van der Waals surface area contributed by atoms with E-state index in [-0.39, 0.29) is 0 Å². The first kappa shape index (κ1) is 10.7. The number of nitrogens with one attached hydrogen (secondary N) is 1. The van der Waals surface area contributed by atoms with Gasteiger partial charge in [-0.2, -0.15) is 0 Å². The second-order valence-electron chi connectivity index (χ2n) is 3.61. The summed E-state index contributed by atoms with van der Waals surface area (Å²) in [5.74, 6) is 0. The summed E-state index contributed by atoms with van der Waals surface area (Å²) in [4.78, 5) is 0. The fraction of sp³-hybridized carbons (Fsp3) is 0.455. The Bertz CT molecular complexity index is 281. The van der Waals surface area contributed by atoms with Crippen LogP contribution >= 0.6 is 15.9 Å². The Kier molecular flexibility index (Phi) is 3.94. The van der Waals surface area contributed by atoms with Crippen molar-refractivity contribution >= 4 is 15.9 Å². The number of hydrogen-bond acceptors (Lipinski definition) is 1. The highest BCUT2D eigenvalue weighted by atomic mass is 79.9. The molecule has 0 atom stereocenters. The number of aryl methyl sites for hydroxylation is 1. The molecule has 0 amide bonds. The predicted molar refractivity (Wildman–Crippen MR) is 60.9 cm³/mol. The van der Waals surface area contributed by atoms with Crippen LogP contribution in [-0.4, -0.2) is 6.04 Å². The van der Waals surface area contributed by atoms with Crippen molar-refractivity contribution in [3.8, 4) is 0 Å². The first-order chi connectivity index (χ1) is 6.09. The third-order valence-electron chi connectivity index (χ3n) is 2.01. The zero-order valence-corrected chi connectivity index (χ0v) is 9.98. The minimum atomic E-state index is 0.544. The lowest BCUT2D eigenvalue weighted by Crippen LogP contribution is -2.22. The highest BCUT2D eigenvalue weighted by Crippen LogP contribution is 2.15. The molecule has 0 heterocycles. The molecule has 1 rings (SSSR count). The first-order valence-electron chi connectivity index (χ1n) is 4.58. The van der Waals surface area contributed by atoms with E-state index in [1.54, 1.807) is 0 Å². The highest BCUT2D eigenvalue weighted by molar-refractivity contribution is 9.10. The lowest BCUT2D eigenvalue weighted by Gasteiger charge is -2.10. The van der Waals surface area contributed by atoms with Crippen LogP contribution in [0.5, 0.6) is 0 Å². The van der Waals surface area contributed by atoms with Crippen LogP contribution < -0.4 is 5.32 Å². The Morgan fingerprint density at radius 2 is 2.08 bits per heavy atom. The molecule has 0 saturated carbocycles. The number of rotatable bonds is 3. The van der Waals surface area contributed by atoms with Gasteiger partial charge < -0.3 is 5.32 Å². The monoisotopic (exact) mass is 241 g/mol. The summed E-state index contributed by atoms with van der Waals surface area (Å²) in [6, 6.07) is 6.94. The molecule has 1 aromatic rings. The summed E-state index contributed by atoms with van der Waals surface area (Å²) in [6.07, 6.45) is 0. The largest absolute Gasteiger partial charge is 0.310 e. The van der Waals surface area contributed by atoms with E-state index in [2.05, 4.69) is 60.2 Å². The molecule has 1 aromatic carbocycles. The molecule has 0 bridgehead atoms. The second kappa shape index (κ2) is 4.77. The average Bonchev–Trinajstić information content (AvgIpc) is 2.02.